The fourth-order valence-electron chi connectivity index (χ4n) is 1.25. The highest BCUT2D eigenvalue weighted by Crippen LogP contribution is 2.18. The van der Waals surface area contributed by atoms with Crippen molar-refractivity contribution in [2.45, 2.75) is 19.8 Å². The number of hydrogen-bond acceptors (Lipinski definition) is 1. The summed E-state index contributed by atoms with van der Waals surface area (Å²) in [4.78, 5) is 0. The summed E-state index contributed by atoms with van der Waals surface area (Å²) in [7, 11) is 0. The van der Waals surface area contributed by atoms with E-state index in [4.69, 9.17) is 11.1 Å². The van der Waals surface area contributed by atoms with Crippen molar-refractivity contribution in [2.24, 2.45) is 5.73 Å². The minimum absolute atomic E-state index is 0. The molecule has 0 unspecified atom stereocenters. The normalized spacial score (nSPS) is 9.46. The van der Waals surface area contributed by atoms with Gasteiger partial charge in [-0.1, -0.05) is 38.1 Å². The zero-order chi connectivity index (χ0) is 9.14. The maximum Gasteiger partial charge on any atom is 0.123 e. The van der Waals surface area contributed by atoms with Crippen molar-refractivity contribution < 1.29 is 0 Å². The van der Waals surface area contributed by atoms with Gasteiger partial charge in [0.25, 0.3) is 0 Å². The lowest BCUT2D eigenvalue weighted by molar-refractivity contribution is 0.863. The summed E-state index contributed by atoms with van der Waals surface area (Å²) in [5.41, 5.74) is 7.43. The maximum absolute atomic E-state index is 7.35. The summed E-state index contributed by atoms with van der Waals surface area (Å²) >= 11 is 0. The molecule has 0 saturated heterocycles. The highest BCUT2D eigenvalue weighted by molar-refractivity contribution is 5.96. The van der Waals surface area contributed by atoms with E-state index >= 15 is 0 Å². The van der Waals surface area contributed by atoms with E-state index in [1.807, 2.05) is 24.3 Å². The van der Waals surface area contributed by atoms with Gasteiger partial charge in [0.15, 0.2) is 0 Å². The van der Waals surface area contributed by atoms with Gasteiger partial charge in [-0.05, 0) is 11.5 Å². The molecule has 13 heavy (non-hydrogen) atoms. The molecule has 0 heterocycles. The zero-order valence-electron chi connectivity index (χ0n) is 7.87. The number of amidine groups is 1. The molecular weight excluding hydrogens is 184 g/mol. The fraction of sp³-hybridized carbons (Fsp3) is 0.300. The maximum atomic E-state index is 7.35. The number of rotatable bonds is 2. The minimum Gasteiger partial charge on any atom is -0.384 e. The molecule has 0 aliphatic rings. The predicted octanol–water partition coefficient (Wildman–Crippen LogP) is 2.52. The van der Waals surface area contributed by atoms with E-state index in [0.717, 1.165) is 11.1 Å². The van der Waals surface area contributed by atoms with Crippen molar-refractivity contribution in [1.29, 1.82) is 5.41 Å². The Morgan fingerprint density at radius 3 is 2.23 bits per heavy atom. The molecule has 1 rings (SSSR count). The van der Waals surface area contributed by atoms with E-state index in [-0.39, 0.29) is 18.2 Å². The Labute approximate surface area is 85.1 Å². The molecule has 0 aliphatic carbocycles. The summed E-state index contributed by atoms with van der Waals surface area (Å²) in [6.07, 6.45) is 0. The molecule has 1 aromatic carbocycles. The molecule has 2 nitrogen and oxygen atoms in total. The lowest BCUT2D eigenvalue weighted by Crippen LogP contribution is -2.14. The smallest absolute Gasteiger partial charge is 0.123 e. The Morgan fingerprint density at radius 2 is 1.85 bits per heavy atom. The van der Waals surface area contributed by atoms with Gasteiger partial charge in [0.1, 0.15) is 5.84 Å². The molecular formula is C10H15ClN2. The Bertz CT molecular complexity index is 295. The van der Waals surface area contributed by atoms with E-state index in [1.165, 1.54) is 0 Å². The highest BCUT2D eigenvalue weighted by Gasteiger charge is 2.06. The molecule has 0 spiro atoms. The third-order valence-corrected chi connectivity index (χ3v) is 1.87. The van der Waals surface area contributed by atoms with Crippen LogP contribution in [0.1, 0.15) is 30.9 Å². The Balaban J connectivity index is 0.00000144. The van der Waals surface area contributed by atoms with E-state index in [0.29, 0.717) is 5.92 Å². The Hall–Kier alpha value is -1.02. The summed E-state index contributed by atoms with van der Waals surface area (Å²) in [5, 5.41) is 7.35. The third-order valence-electron chi connectivity index (χ3n) is 1.87. The van der Waals surface area contributed by atoms with Gasteiger partial charge in [-0.3, -0.25) is 5.41 Å². The first kappa shape index (κ1) is 12.0. The number of hydrogen-bond donors (Lipinski definition) is 2. The first-order valence-electron chi connectivity index (χ1n) is 4.06. The van der Waals surface area contributed by atoms with Crippen LogP contribution in [-0.2, 0) is 0 Å². The van der Waals surface area contributed by atoms with Gasteiger partial charge in [0, 0.05) is 5.56 Å². The van der Waals surface area contributed by atoms with Crippen molar-refractivity contribution >= 4 is 18.2 Å². The molecule has 0 aromatic heterocycles. The number of nitrogens with one attached hydrogen (secondary N) is 1. The molecule has 3 N–H and O–H groups in total. The lowest BCUT2D eigenvalue weighted by atomic mass is 9.97. The Kier molecular flexibility index (Phi) is 4.49. The number of benzene rings is 1. The van der Waals surface area contributed by atoms with Crippen molar-refractivity contribution in [1.82, 2.24) is 0 Å². The summed E-state index contributed by atoms with van der Waals surface area (Å²) in [5.74, 6) is 0.574. The average Bonchev–Trinajstić information content (AvgIpc) is 2.04. The van der Waals surface area contributed by atoms with E-state index in [9.17, 15) is 0 Å². The van der Waals surface area contributed by atoms with Gasteiger partial charge in [-0.25, -0.2) is 0 Å². The summed E-state index contributed by atoms with van der Waals surface area (Å²) in [6.45, 7) is 4.20. The topological polar surface area (TPSA) is 49.9 Å². The molecule has 72 valence electrons. The van der Waals surface area contributed by atoms with E-state index < -0.39 is 0 Å². The first-order valence-corrected chi connectivity index (χ1v) is 4.06. The second-order valence-corrected chi connectivity index (χ2v) is 3.16. The second-order valence-electron chi connectivity index (χ2n) is 3.16. The van der Waals surface area contributed by atoms with E-state index in [2.05, 4.69) is 13.8 Å². The molecule has 1 aromatic rings. The average molecular weight is 199 g/mol. The lowest BCUT2D eigenvalue weighted by Gasteiger charge is -2.10. The van der Waals surface area contributed by atoms with Gasteiger partial charge in [-0.15, -0.1) is 12.4 Å². The first-order chi connectivity index (χ1) is 5.63. The van der Waals surface area contributed by atoms with Crippen LogP contribution in [0.15, 0.2) is 24.3 Å². The molecule has 0 radical (unpaired) electrons. The van der Waals surface area contributed by atoms with Gasteiger partial charge < -0.3 is 5.73 Å². The molecule has 0 saturated carbocycles. The summed E-state index contributed by atoms with van der Waals surface area (Å²) in [6, 6.07) is 7.78. The molecule has 3 heteroatoms. The predicted molar refractivity (Wildman–Crippen MR) is 58.8 cm³/mol. The van der Waals surface area contributed by atoms with Crippen LogP contribution in [-0.4, -0.2) is 5.84 Å². The highest BCUT2D eigenvalue weighted by atomic mass is 35.5. The molecule has 0 amide bonds. The van der Waals surface area contributed by atoms with Gasteiger partial charge in [0.2, 0.25) is 0 Å². The third kappa shape index (κ3) is 2.74. The van der Waals surface area contributed by atoms with Crippen LogP contribution in [0, 0.1) is 5.41 Å². The minimum atomic E-state index is 0. The summed E-state index contributed by atoms with van der Waals surface area (Å²) < 4.78 is 0. The van der Waals surface area contributed by atoms with Crippen LogP contribution in [0.5, 0.6) is 0 Å². The standard InChI is InChI=1S/C10H14N2.ClH/c1-7(2)8-5-3-4-6-9(8)10(11)12;/h3-7H,1-2H3,(H3,11,12);1H. The molecule has 0 bridgehead atoms. The fourth-order valence-corrected chi connectivity index (χ4v) is 1.25. The van der Waals surface area contributed by atoms with Crippen LogP contribution >= 0.6 is 12.4 Å². The number of nitrogen functional groups attached to an aromatic ring is 1. The van der Waals surface area contributed by atoms with Crippen LogP contribution < -0.4 is 5.73 Å². The van der Waals surface area contributed by atoms with Crippen LogP contribution in [0.2, 0.25) is 0 Å². The number of nitrogens with two attached hydrogens (primary N) is 1. The molecule has 0 aliphatic heterocycles. The SMILES string of the molecule is CC(C)c1ccccc1C(=N)N.Cl. The van der Waals surface area contributed by atoms with Crippen LogP contribution in [0.4, 0.5) is 0 Å². The van der Waals surface area contributed by atoms with Crippen molar-refractivity contribution in [3.8, 4) is 0 Å². The number of halogens is 1. The van der Waals surface area contributed by atoms with Crippen molar-refractivity contribution in [2.75, 3.05) is 0 Å². The largest absolute Gasteiger partial charge is 0.384 e. The zero-order valence-corrected chi connectivity index (χ0v) is 8.69. The van der Waals surface area contributed by atoms with Gasteiger partial charge in [0.05, 0.1) is 0 Å². The van der Waals surface area contributed by atoms with Gasteiger partial charge in [-0.2, -0.15) is 0 Å². The monoisotopic (exact) mass is 198 g/mol. The second kappa shape index (κ2) is 4.87. The Morgan fingerprint density at radius 1 is 1.31 bits per heavy atom. The van der Waals surface area contributed by atoms with Gasteiger partial charge >= 0.3 is 0 Å². The van der Waals surface area contributed by atoms with Crippen LogP contribution in [0.3, 0.4) is 0 Å². The van der Waals surface area contributed by atoms with Crippen molar-refractivity contribution in [3.05, 3.63) is 35.4 Å². The van der Waals surface area contributed by atoms with E-state index in [1.54, 1.807) is 0 Å². The quantitative estimate of drug-likeness (QED) is 0.557. The molecule has 0 atom stereocenters. The molecule has 0 fully saturated rings. The van der Waals surface area contributed by atoms with Crippen LogP contribution in [0.25, 0.3) is 0 Å². The van der Waals surface area contributed by atoms with Crippen molar-refractivity contribution in [3.63, 3.8) is 0 Å².